The summed E-state index contributed by atoms with van der Waals surface area (Å²) in [6, 6.07) is 16.1. The Bertz CT molecular complexity index is 713. The molecule has 0 spiro atoms. The fraction of sp³-hybridized carbons (Fsp3) is 0.400. The minimum Gasteiger partial charge on any atom is -0.345 e. The van der Waals surface area contributed by atoms with Gasteiger partial charge in [-0.1, -0.05) is 49.2 Å². The standard InChI is InChI=1S/C20H24N4O/c25-19(18-14-17(23-24-18)16-10-4-7-13-21-16)22-20(11-5-6-12-20)15-8-2-1-3-9-15/h1-4,7-10,13,17-18,23-24H,5-6,11-12,14H2,(H,22,25). The van der Waals surface area contributed by atoms with Crippen molar-refractivity contribution in [2.24, 2.45) is 0 Å². The number of carbonyl (C=O) groups is 1. The zero-order chi connectivity index (χ0) is 17.1. The van der Waals surface area contributed by atoms with Gasteiger partial charge in [-0.15, -0.1) is 0 Å². The Hall–Kier alpha value is -2.24. The fourth-order valence-corrected chi connectivity index (χ4v) is 4.05. The second kappa shape index (κ2) is 6.94. The van der Waals surface area contributed by atoms with Crippen molar-refractivity contribution in [2.75, 3.05) is 0 Å². The first-order valence-electron chi connectivity index (χ1n) is 9.06. The van der Waals surface area contributed by atoms with Crippen LogP contribution in [0.1, 0.15) is 49.4 Å². The molecule has 0 radical (unpaired) electrons. The molecule has 4 rings (SSSR count). The van der Waals surface area contributed by atoms with Gasteiger partial charge in [-0.3, -0.25) is 9.78 Å². The Balaban J connectivity index is 1.46. The second-order valence-corrected chi connectivity index (χ2v) is 7.03. The number of amides is 1. The molecule has 1 aromatic heterocycles. The van der Waals surface area contributed by atoms with Crippen molar-refractivity contribution in [3.63, 3.8) is 0 Å². The van der Waals surface area contributed by atoms with E-state index in [1.54, 1.807) is 6.20 Å². The first kappa shape index (κ1) is 16.2. The van der Waals surface area contributed by atoms with Crippen molar-refractivity contribution in [1.29, 1.82) is 0 Å². The molecular formula is C20H24N4O. The van der Waals surface area contributed by atoms with Crippen LogP contribution in [-0.2, 0) is 10.3 Å². The third kappa shape index (κ3) is 3.30. The molecule has 3 N–H and O–H groups in total. The maximum Gasteiger partial charge on any atom is 0.239 e. The highest BCUT2D eigenvalue weighted by molar-refractivity contribution is 5.83. The molecule has 5 nitrogen and oxygen atoms in total. The summed E-state index contributed by atoms with van der Waals surface area (Å²) in [5.74, 6) is 0.0664. The van der Waals surface area contributed by atoms with Crippen molar-refractivity contribution >= 4 is 5.91 Å². The lowest BCUT2D eigenvalue weighted by molar-refractivity contribution is -0.125. The largest absolute Gasteiger partial charge is 0.345 e. The highest BCUT2D eigenvalue weighted by Gasteiger charge is 2.40. The van der Waals surface area contributed by atoms with E-state index < -0.39 is 0 Å². The highest BCUT2D eigenvalue weighted by Crippen LogP contribution is 2.39. The van der Waals surface area contributed by atoms with Gasteiger partial charge < -0.3 is 5.32 Å². The van der Waals surface area contributed by atoms with Crippen molar-refractivity contribution in [3.8, 4) is 0 Å². The molecule has 5 heteroatoms. The van der Waals surface area contributed by atoms with Crippen LogP contribution < -0.4 is 16.2 Å². The van der Waals surface area contributed by atoms with Gasteiger partial charge in [0.1, 0.15) is 6.04 Å². The first-order chi connectivity index (χ1) is 12.3. The molecule has 2 atom stereocenters. The van der Waals surface area contributed by atoms with E-state index in [1.807, 2.05) is 36.4 Å². The van der Waals surface area contributed by atoms with Gasteiger partial charge in [-0.25, -0.2) is 10.9 Å². The van der Waals surface area contributed by atoms with Crippen molar-refractivity contribution in [2.45, 2.75) is 49.7 Å². The molecule has 1 aliphatic carbocycles. The zero-order valence-corrected chi connectivity index (χ0v) is 14.2. The lowest BCUT2D eigenvalue weighted by atomic mass is 9.87. The van der Waals surface area contributed by atoms with Gasteiger partial charge in [0.25, 0.3) is 0 Å². The summed E-state index contributed by atoms with van der Waals surface area (Å²) in [6.07, 6.45) is 6.81. The Morgan fingerprint density at radius 2 is 1.80 bits per heavy atom. The molecule has 1 aromatic carbocycles. The van der Waals surface area contributed by atoms with Crippen LogP contribution in [-0.4, -0.2) is 16.9 Å². The van der Waals surface area contributed by atoms with E-state index in [9.17, 15) is 4.79 Å². The number of carbonyl (C=O) groups excluding carboxylic acids is 1. The molecule has 0 bridgehead atoms. The summed E-state index contributed by atoms with van der Waals surface area (Å²) in [5.41, 5.74) is 8.31. The average Bonchev–Trinajstić information content (AvgIpc) is 3.34. The van der Waals surface area contributed by atoms with Crippen molar-refractivity contribution < 1.29 is 4.79 Å². The van der Waals surface area contributed by atoms with E-state index in [1.165, 1.54) is 5.56 Å². The molecule has 2 aromatic rings. The third-order valence-electron chi connectivity index (χ3n) is 5.41. The second-order valence-electron chi connectivity index (χ2n) is 7.03. The summed E-state index contributed by atoms with van der Waals surface area (Å²) >= 11 is 0. The summed E-state index contributed by atoms with van der Waals surface area (Å²) in [5, 5.41) is 3.36. The highest BCUT2D eigenvalue weighted by atomic mass is 16.2. The lowest BCUT2D eigenvalue weighted by Crippen LogP contribution is -2.51. The lowest BCUT2D eigenvalue weighted by Gasteiger charge is -2.32. The maximum atomic E-state index is 12.9. The fourth-order valence-electron chi connectivity index (χ4n) is 4.05. The number of nitrogens with zero attached hydrogens (tertiary/aromatic N) is 1. The third-order valence-corrected chi connectivity index (χ3v) is 5.41. The van der Waals surface area contributed by atoms with Gasteiger partial charge in [0.2, 0.25) is 5.91 Å². The quantitative estimate of drug-likeness (QED) is 0.803. The number of aromatic nitrogens is 1. The van der Waals surface area contributed by atoms with Crippen molar-refractivity contribution in [3.05, 3.63) is 66.0 Å². The van der Waals surface area contributed by atoms with Crippen LogP contribution in [0, 0.1) is 0 Å². The molecule has 25 heavy (non-hydrogen) atoms. The molecule has 2 heterocycles. The topological polar surface area (TPSA) is 66.0 Å². The average molecular weight is 336 g/mol. The molecule has 1 saturated heterocycles. The van der Waals surface area contributed by atoms with Gasteiger partial charge in [0.05, 0.1) is 17.3 Å². The molecule has 130 valence electrons. The monoisotopic (exact) mass is 336 g/mol. The van der Waals surface area contributed by atoms with Gasteiger partial charge in [0, 0.05) is 6.20 Å². The Morgan fingerprint density at radius 1 is 1.04 bits per heavy atom. The summed E-state index contributed by atoms with van der Waals surface area (Å²) in [4.78, 5) is 17.3. The summed E-state index contributed by atoms with van der Waals surface area (Å²) in [7, 11) is 0. The molecule has 2 fully saturated rings. The summed E-state index contributed by atoms with van der Waals surface area (Å²) < 4.78 is 0. The maximum absolute atomic E-state index is 12.9. The minimum atomic E-state index is -0.242. The summed E-state index contributed by atoms with van der Waals surface area (Å²) in [6.45, 7) is 0. The van der Waals surface area contributed by atoms with Crippen LogP contribution in [0.5, 0.6) is 0 Å². The van der Waals surface area contributed by atoms with E-state index in [0.717, 1.165) is 31.4 Å². The van der Waals surface area contributed by atoms with E-state index >= 15 is 0 Å². The van der Waals surface area contributed by atoms with Crippen LogP contribution in [0.15, 0.2) is 54.7 Å². The number of nitrogens with one attached hydrogen (secondary N) is 3. The predicted molar refractivity (Wildman–Crippen MR) is 96.4 cm³/mol. The first-order valence-corrected chi connectivity index (χ1v) is 9.06. The van der Waals surface area contributed by atoms with Crippen LogP contribution in [0.3, 0.4) is 0 Å². The van der Waals surface area contributed by atoms with E-state index in [2.05, 4.69) is 33.3 Å². The number of hydrogen-bond acceptors (Lipinski definition) is 4. The molecule has 1 saturated carbocycles. The van der Waals surface area contributed by atoms with E-state index in [4.69, 9.17) is 0 Å². The Labute approximate surface area is 148 Å². The van der Waals surface area contributed by atoms with Crippen LogP contribution in [0.2, 0.25) is 0 Å². The number of pyridine rings is 1. The zero-order valence-electron chi connectivity index (χ0n) is 14.2. The van der Waals surface area contributed by atoms with Gasteiger partial charge >= 0.3 is 0 Å². The van der Waals surface area contributed by atoms with Crippen molar-refractivity contribution in [1.82, 2.24) is 21.2 Å². The van der Waals surface area contributed by atoms with E-state index in [-0.39, 0.29) is 23.5 Å². The predicted octanol–water partition coefficient (Wildman–Crippen LogP) is 2.57. The van der Waals surface area contributed by atoms with Crippen LogP contribution in [0.4, 0.5) is 0 Å². The molecular weight excluding hydrogens is 312 g/mol. The smallest absolute Gasteiger partial charge is 0.239 e. The molecule has 1 amide bonds. The number of hydrogen-bond donors (Lipinski definition) is 3. The Morgan fingerprint density at radius 3 is 2.52 bits per heavy atom. The molecule has 2 aliphatic rings. The number of benzene rings is 1. The van der Waals surface area contributed by atoms with Gasteiger partial charge in [0.15, 0.2) is 0 Å². The number of rotatable bonds is 4. The van der Waals surface area contributed by atoms with Crippen LogP contribution >= 0.6 is 0 Å². The molecule has 2 unspecified atom stereocenters. The number of hydrazine groups is 1. The SMILES string of the molecule is O=C(NC1(c2ccccc2)CCCC1)C1CC(c2ccccn2)NN1. The van der Waals surface area contributed by atoms with E-state index in [0.29, 0.717) is 6.42 Å². The van der Waals surface area contributed by atoms with Crippen LogP contribution in [0.25, 0.3) is 0 Å². The Kier molecular flexibility index (Phi) is 4.51. The van der Waals surface area contributed by atoms with Gasteiger partial charge in [-0.2, -0.15) is 0 Å². The minimum absolute atomic E-state index is 0.0632. The normalized spacial score (nSPS) is 25.0. The van der Waals surface area contributed by atoms with Gasteiger partial charge in [-0.05, 0) is 37.0 Å². The molecule has 1 aliphatic heterocycles.